The molecule has 0 saturated heterocycles. The average molecular weight is 355 g/mol. The SMILES string of the molecule is O=C(NC1CCc2scc(C(F)(F)F)c2C1)OCc1ccccc1. The molecule has 2 aromatic rings. The van der Waals surface area contributed by atoms with Crippen LogP contribution in [-0.2, 0) is 30.4 Å². The molecule has 0 fully saturated rings. The van der Waals surface area contributed by atoms with Crippen LogP contribution >= 0.6 is 11.3 Å². The van der Waals surface area contributed by atoms with Crippen molar-refractivity contribution >= 4 is 17.4 Å². The summed E-state index contributed by atoms with van der Waals surface area (Å²) in [6.07, 6.45) is -3.60. The quantitative estimate of drug-likeness (QED) is 0.877. The van der Waals surface area contributed by atoms with E-state index in [9.17, 15) is 18.0 Å². The Kier molecular flexibility index (Phi) is 4.80. The van der Waals surface area contributed by atoms with Crippen molar-refractivity contribution in [3.63, 3.8) is 0 Å². The molecule has 1 heterocycles. The number of carbonyl (C=O) groups excluding carboxylic acids is 1. The predicted octanol–water partition coefficient (Wildman–Crippen LogP) is 4.55. The summed E-state index contributed by atoms with van der Waals surface area (Å²) < 4.78 is 44.1. The van der Waals surface area contributed by atoms with Crippen LogP contribution in [-0.4, -0.2) is 12.1 Å². The lowest BCUT2D eigenvalue weighted by Gasteiger charge is -2.24. The van der Waals surface area contributed by atoms with Gasteiger partial charge in [0.2, 0.25) is 0 Å². The summed E-state index contributed by atoms with van der Waals surface area (Å²) in [7, 11) is 0. The number of carbonyl (C=O) groups is 1. The molecule has 1 atom stereocenters. The van der Waals surface area contributed by atoms with Gasteiger partial charge in [-0.3, -0.25) is 0 Å². The van der Waals surface area contributed by atoms with Crippen molar-refractivity contribution in [2.75, 3.05) is 0 Å². The Morgan fingerprint density at radius 2 is 2.04 bits per heavy atom. The Morgan fingerprint density at radius 1 is 1.29 bits per heavy atom. The van der Waals surface area contributed by atoms with Crippen LogP contribution in [0.25, 0.3) is 0 Å². The van der Waals surface area contributed by atoms with Crippen molar-refractivity contribution in [1.82, 2.24) is 5.32 Å². The zero-order valence-corrected chi connectivity index (χ0v) is 13.5. The molecule has 1 N–H and O–H groups in total. The van der Waals surface area contributed by atoms with Gasteiger partial charge in [-0.25, -0.2) is 4.79 Å². The van der Waals surface area contributed by atoms with Gasteiger partial charge >= 0.3 is 12.3 Å². The average Bonchev–Trinajstić information content (AvgIpc) is 2.97. The van der Waals surface area contributed by atoms with E-state index < -0.39 is 17.8 Å². The fraction of sp³-hybridized carbons (Fsp3) is 0.353. The second-order valence-corrected chi connectivity index (χ2v) is 6.66. The number of hydrogen-bond acceptors (Lipinski definition) is 3. The lowest BCUT2D eigenvalue weighted by atomic mass is 9.91. The van der Waals surface area contributed by atoms with Crippen molar-refractivity contribution < 1.29 is 22.7 Å². The van der Waals surface area contributed by atoms with Crippen molar-refractivity contribution in [3.8, 4) is 0 Å². The van der Waals surface area contributed by atoms with Gasteiger partial charge in [0, 0.05) is 16.3 Å². The normalized spacial score (nSPS) is 17.2. The monoisotopic (exact) mass is 355 g/mol. The molecule has 1 amide bonds. The Balaban J connectivity index is 1.57. The van der Waals surface area contributed by atoms with Crippen molar-refractivity contribution in [1.29, 1.82) is 0 Å². The molecule has 0 aliphatic heterocycles. The van der Waals surface area contributed by atoms with Crippen LogP contribution < -0.4 is 5.32 Å². The second-order valence-electron chi connectivity index (χ2n) is 5.69. The first kappa shape index (κ1) is 16.8. The fourth-order valence-electron chi connectivity index (χ4n) is 2.80. The lowest BCUT2D eigenvalue weighted by molar-refractivity contribution is -0.138. The van der Waals surface area contributed by atoms with Gasteiger partial charge in [-0.15, -0.1) is 11.3 Å². The van der Waals surface area contributed by atoms with E-state index in [4.69, 9.17) is 4.74 Å². The van der Waals surface area contributed by atoms with E-state index >= 15 is 0 Å². The number of nitrogens with one attached hydrogen (secondary N) is 1. The summed E-state index contributed by atoms with van der Waals surface area (Å²) in [5, 5.41) is 3.84. The fourth-order valence-corrected chi connectivity index (χ4v) is 3.91. The third-order valence-electron chi connectivity index (χ3n) is 3.99. The molecule has 1 aromatic heterocycles. The molecular weight excluding hydrogens is 339 g/mol. The molecule has 24 heavy (non-hydrogen) atoms. The number of amides is 1. The highest BCUT2D eigenvalue weighted by Gasteiger charge is 2.37. The summed E-state index contributed by atoms with van der Waals surface area (Å²) in [5.41, 5.74) is 0.592. The van der Waals surface area contributed by atoms with Crippen LogP contribution in [0.4, 0.5) is 18.0 Å². The van der Waals surface area contributed by atoms with Crippen LogP contribution in [0, 0.1) is 0 Å². The van der Waals surface area contributed by atoms with E-state index in [1.54, 1.807) is 0 Å². The number of benzene rings is 1. The first-order valence-corrected chi connectivity index (χ1v) is 8.45. The van der Waals surface area contributed by atoms with E-state index in [1.807, 2.05) is 30.3 Å². The van der Waals surface area contributed by atoms with Crippen molar-refractivity contribution in [2.45, 2.75) is 38.1 Å². The number of alkyl halides is 3. The first-order valence-electron chi connectivity index (χ1n) is 7.57. The number of aryl methyl sites for hydroxylation is 1. The maximum atomic E-state index is 13.0. The smallest absolute Gasteiger partial charge is 0.417 e. The van der Waals surface area contributed by atoms with Gasteiger partial charge in [-0.2, -0.15) is 13.2 Å². The van der Waals surface area contributed by atoms with Gasteiger partial charge in [0.25, 0.3) is 0 Å². The third kappa shape index (κ3) is 3.90. The van der Waals surface area contributed by atoms with Crippen LogP contribution in [0.3, 0.4) is 0 Å². The molecule has 128 valence electrons. The van der Waals surface area contributed by atoms with E-state index in [1.165, 1.54) is 5.38 Å². The van der Waals surface area contributed by atoms with E-state index in [-0.39, 0.29) is 19.1 Å². The number of alkyl carbamates (subject to hydrolysis) is 1. The van der Waals surface area contributed by atoms with Crippen LogP contribution in [0.5, 0.6) is 0 Å². The van der Waals surface area contributed by atoms with Crippen LogP contribution in [0.15, 0.2) is 35.7 Å². The topological polar surface area (TPSA) is 38.3 Å². The summed E-state index contributed by atoms with van der Waals surface area (Å²) in [6.45, 7) is 0.136. The van der Waals surface area contributed by atoms with E-state index in [0.29, 0.717) is 18.4 Å². The molecule has 1 aliphatic rings. The van der Waals surface area contributed by atoms with Gasteiger partial charge in [-0.1, -0.05) is 30.3 Å². The minimum atomic E-state index is -4.35. The van der Waals surface area contributed by atoms with Gasteiger partial charge in [0.15, 0.2) is 0 Å². The number of fused-ring (bicyclic) bond motifs is 1. The molecule has 7 heteroatoms. The summed E-state index contributed by atoms with van der Waals surface area (Å²) in [6, 6.07) is 8.88. The Hall–Kier alpha value is -2.02. The van der Waals surface area contributed by atoms with Crippen LogP contribution in [0.1, 0.15) is 28.0 Å². The molecule has 3 rings (SSSR count). The summed E-state index contributed by atoms with van der Waals surface area (Å²) in [5.74, 6) is 0. The zero-order chi connectivity index (χ0) is 17.2. The highest BCUT2D eigenvalue weighted by atomic mass is 32.1. The molecule has 1 aromatic carbocycles. The van der Waals surface area contributed by atoms with Gasteiger partial charge in [0.1, 0.15) is 6.61 Å². The first-order chi connectivity index (χ1) is 11.4. The molecule has 0 spiro atoms. The third-order valence-corrected chi connectivity index (χ3v) is 5.08. The highest BCUT2D eigenvalue weighted by molar-refractivity contribution is 7.10. The van der Waals surface area contributed by atoms with Crippen molar-refractivity contribution in [3.05, 3.63) is 57.3 Å². The number of ether oxygens (including phenoxy) is 1. The number of hydrogen-bond donors (Lipinski definition) is 1. The number of halogens is 3. The van der Waals surface area contributed by atoms with Crippen LogP contribution in [0.2, 0.25) is 0 Å². The summed E-state index contributed by atoms with van der Waals surface area (Å²) >= 11 is 1.14. The second kappa shape index (κ2) is 6.84. The molecular formula is C17H16F3NO2S. The molecule has 1 unspecified atom stereocenters. The maximum Gasteiger partial charge on any atom is 0.417 e. The predicted molar refractivity (Wildman–Crippen MR) is 84.9 cm³/mol. The molecule has 0 saturated carbocycles. The minimum absolute atomic E-state index is 0.136. The highest BCUT2D eigenvalue weighted by Crippen LogP contribution is 2.39. The minimum Gasteiger partial charge on any atom is -0.445 e. The van der Waals surface area contributed by atoms with E-state index in [0.717, 1.165) is 21.8 Å². The number of thiophene rings is 1. The lowest BCUT2D eigenvalue weighted by Crippen LogP contribution is -2.39. The Morgan fingerprint density at radius 3 is 2.75 bits per heavy atom. The molecule has 1 aliphatic carbocycles. The zero-order valence-electron chi connectivity index (χ0n) is 12.7. The molecule has 0 bridgehead atoms. The summed E-state index contributed by atoms with van der Waals surface area (Å²) in [4.78, 5) is 12.6. The number of rotatable bonds is 3. The molecule has 0 radical (unpaired) electrons. The maximum absolute atomic E-state index is 13.0. The Bertz CT molecular complexity index is 712. The van der Waals surface area contributed by atoms with E-state index in [2.05, 4.69) is 5.32 Å². The molecule has 3 nitrogen and oxygen atoms in total. The Labute approximate surface area is 141 Å². The van der Waals surface area contributed by atoms with Gasteiger partial charge in [-0.05, 0) is 30.4 Å². The van der Waals surface area contributed by atoms with Gasteiger partial charge < -0.3 is 10.1 Å². The van der Waals surface area contributed by atoms with Gasteiger partial charge in [0.05, 0.1) is 5.56 Å². The standard InChI is InChI=1S/C17H16F3NO2S/c18-17(19,20)14-10-24-15-7-6-12(8-13(14)15)21-16(22)23-9-11-4-2-1-3-5-11/h1-5,10,12H,6-9H2,(H,21,22). The largest absolute Gasteiger partial charge is 0.445 e. The van der Waals surface area contributed by atoms with Crippen molar-refractivity contribution in [2.24, 2.45) is 0 Å².